The third-order valence-electron chi connectivity index (χ3n) is 4.25. The fraction of sp³-hybridized carbons (Fsp3) is 0.238. The molecular weight excluding hydrogens is 365 g/mol. The van der Waals surface area contributed by atoms with E-state index < -0.39 is 11.7 Å². The number of hydrogen-bond acceptors (Lipinski definition) is 4. The van der Waals surface area contributed by atoms with E-state index in [1.54, 1.807) is 12.1 Å². The molecule has 1 atom stereocenters. The van der Waals surface area contributed by atoms with Crippen molar-refractivity contribution in [2.45, 2.75) is 32.5 Å². The SMILES string of the molecule is CC[C@H](C)Nc1nc(Nc2cccc(C(F)(F)F)c2)cc(-c2ccccc2)n1. The van der Waals surface area contributed by atoms with Crippen LogP contribution in [0.2, 0.25) is 0 Å². The highest BCUT2D eigenvalue weighted by atomic mass is 19.4. The Bertz CT molecular complexity index is 926. The summed E-state index contributed by atoms with van der Waals surface area (Å²) < 4.78 is 38.9. The van der Waals surface area contributed by atoms with E-state index in [1.807, 2.05) is 44.2 Å². The zero-order valence-corrected chi connectivity index (χ0v) is 15.6. The van der Waals surface area contributed by atoms with E-state index in [9.17, 15) is 13.2 Å². The van der Waals surface area contributed by atoms with Gasteiger partial charge in [-0.15, -0.1) is 0 Å². The van der Waals surface area contributed by atoms with Crippen molar-refractivity contribution < 1.29 is 13.2 Å². The number of nitrogens with zero attached hydrogens (tertiary/aromatic N) is 2. The summed E-state index contributed by atoms with van der Waals surface area (Å²) in [5.74, 6) is 0.837. The molecule has 0 fully saturated rings. The number of nitrogens with one attached hydrogen (secondary N) is 2. The van der Waals surface area contributed by atoms with Crippen LogP contribution in [0.5, 0.6) is 0 Å². The van der Waals surface area contributed by atoms with Crippen LogP contribution in [0.15, 0.2) is 60.7 Å². The molecule has 2 N–H and O–H groups in total. The Balaban J connectivity index is 1.96. The lowest BCUT2D eigenvalue weighted by Gasteiger charge is -2.15. The third-order valence-corrected chi connectivity index (χ3v) is 4.25. The molecule has 2 aromatic carbocycles. The Morgan fingerprint density at radius 2 is 1.71 bits per heavy atom. The first-order valence-electron chi connectivity index (χ1n) is 9.00. The molecule has 0 aliphatic heterocycles. The fourth-order valence-electron chi connectivity index (χ4n) is 2.58. The van der Waals surface area contributed by atoms with Gasteiger partial charge in [-0.05, 0) is 31.5 Å². The predicted octanol–water partition coefficient (Wildman–Crippen LogP) is 6.12. The van der Waals surface area contributed by atoms with Gasteiger partial charge in [0, 0.05) is 23.4 Å². The normalized spacial score (nSPS) is 12.5. The van der Waals surface area contributed by atoms with Crippen LogP contribution >= 0.6 is 0 Å². The number of rotatable bonds is 6. The summed E-state index contributed by atoms with van der Waals surface area (Å²) in [6.07, 6.45) is -3.52. The van der Waals surface area contributed by atoms with Crippen molar-refractivity contribution >= 4 is 17.5 Å². The minimum atomic E-state index is -4.40. The quantitative estimate of drug-likeness (QED) is 0.536. The highest BCUT2D eigenvalue weighted by Gasteiger charge is 2.30. The van der Waals surface area contributed by atoms with Crippen LogP contribution in [0.4, 0.5) is 30.6 Å². The molecule has 146 valence electrons. The largest absolute Gasteiger partial charge is 0.416 e. The molecule has 1 heterocycles. The molecule has 0 bridgehead atoms. The summed E-state index contributed by atoms with van der Waals surface area (Å²) in [6.45, 7) is 4.05. The van der Waals surface area contributed by atoms with Gasteiger partial charge in [0.1, 0.15) is 5.82 Å². The lowest BCUT2D eigenvalue weighted by atomic mass is 10.1. The first-order chi connectivity index (χ1) is 13.3. The van der Waals surface area contributed by atoms with Crippen molar-refractivity contribution in [1.29, 1.82) is 0 Å². The van der Waals surface area contributed by atoms with E-state index in [0.717, 1.165) is 24.1 Å². The second-order valence-electron chi connectivity index (χ2n) is 6.49. The van der Waals surface area contributed by atoms with E-state index in [0.29, 0.717) is 23.1 Å². The molecule has 3 rings (SSSR count). The highest BCUT2D eigenvalue weighted by molar-refractivity contribution is 5.67. The van der Waals surface area contributed by atoms with Crippen LogP contribution in [0.3, 0.4) is 0 Å². The molecule has 1 aromatic heterocycles. The summed E-state index contributed by atoms with van der Waals surface area (Å²) in [4.78, 5) is 8.97. The van der Waals surface area contributed by atoms with Crippen LogP contribution in [-0.2, 0) is 6.18 Å². The molecule has 0 unspecified atom stereocenters. The van der Waals surface area contributed by atoms with Crippen molar-refractivity contribution in [1.82, 2.24) is 9.97 Å². The van der Waals surface area contributed by atoms with Gasteiger partial charge in [0.2, 0.25) is 5.95 Å². The number of hydrogen-bond donors (Lipinski definition) is 2. The van der Waals surface area contributed by atoms with Gasteiger partial charge < -0.3 is 10.6 Å². The minimum absolute atomic E-state index is 0.160. The van der Waals surface area contributed by atoms with Gasteiger partial charge in [-0.2, -0.15) is 18.2 Å². The Kier molecular flexibility index (Phi) is 5.82. The highest BCUT2D eigenvalue weighted by Crippen LogP contribution is 2.31. The molecule has 3 aromatic rings. The van der Waals surface area contributed by atoms with Gasteiger partial charge in [-0.1, -0.05) is 43.3 Å². The lowest BCUT2D eigenvalue weighted by molar-refractivity contribution is -0.137. The van der Waals surface area contributed by atoms with Gasteiger partial charge in [-0.3, -0.25) is 0 Å². The monoisotopic (exact) mass is 386 g/mol. The molecule has 0 saturated carbocycles. The van der Waals surface area contributed by atoms with Crippen molar-refractivity contribution in [3.63, 3.8) is 0 Å². The minimum Gasteiger partial charge on any atom is -0.352 e. The number of anilines is 3. The van der Waals surface area contributed by atoms with Gasteiger partial charge >= 0.3 is 6.18 Å². The molecule has 0 aliphatic carbocycles. The zero-order chi connectivity index (χ0) is 20.1. The second-order valence-corrected chi connectivity index (χ2v) is 6.49. The number of halogens is 3. The molecule has 0 aliphatic rings. The topological polar surface area (TPSA) is 49.8 Å². The molecule has 28 heavy (non-hydrogen) atoms. The van der Waals surface area contributed by atoms with Crippen LogP contribution in [-0.4, -0.2) is 16.0 Å². The fourth-order valence-corrected chi connectivity index (χ4v) is 2.58. The second kappa shape index (κ2) is 8.29. The predicted molar refractivity (Wildman–Crippen MR) is 106 cm³/mol. The lowest BCUT2D eigenvalue weighted by Crippen LogP contribution is -2.16. The van der Waals surface area contributed by atoms with Crippen molar-refractivity contribution in [2.24, 2.45) is 0 Å². The van der Waals surface area contributed by atoms with Crippen molar-refractivity contribution in [2.75, 3.05) is 10.6 Å². The van der Waals surface area contributed by atoms with E-state index in [2.05, 4.69) is 20.6 Å². The van der Waals surface area contributed by atoms with E-state index in [-0.39, 0.29) is 6.04 Å². The maximum absolute atomic E-state index is 13.0. The van der Waals surface area contributed by atoms with Crippen LogP contribution in [0.1, 0.15) is 25.8 Å². The van der Waals surface area contributed by atoms with Crippen LogP contribution in [0.25, 0.3) is 11.3 Å². The van der Waals surface area contributed by atoms with Crippen LogP contribution in [0, 0.1) is 0 Å². The third kappa shape index (κ3) is 5.00. The van der Waals surface area contributed by atoms with Gasteiger partial charge in [0.25, 0.3) is 0 Å². The van der Waals surface area contributed by atoms with Gasteiger partial charge in [0.05, 0.1) is 11.3 Å². The maximum Gasteiger partial charge on any atom is 0.416 e. The molecule has 0 amide bonds. The van der Waals surface area contributed by atoms with E-state index >= 15 is 0 Å². The summed E-state index contributed by atoms with van der Waals surface area (Å²) in [7, 11) is 0. The first kappa shape index (κ1) is 19.7. The Morgan fingerprint density at radius 3 is 2.39 bits per heavy atom. The average Bonchev–Trinajstić information content (AvgIpc) is 2.68. The molecule has 0 saturated heterocycles. The standard InChI is InChI=1S/C21H21F3N4/c1-3-14(2)25-20-27-18(15-8-5-4-6-9-15)13-19(28-20)26-17-11-7-10-16(12-17)21(22,23)24/h4-14H,3H2,1-2H3,(H2,25,26,27,28)/t14-/m0/s1. The first-order valence-corrected chi connectivity index (χ1v) is 9.00. The van der Waals surface area contributed by atoms with Crippen molar-refractivity contribution in [3.8, 4) is 11.3 Å². The smallest absolute Gasteiger partial charge is 0.352 e. The number of benzene rings is 2. The van der Waals surface area contributed by atoms with Crippen molar-refractivity contribution in [3.05, 3.63) is 66.2 Å². The van der Waals surface area contributed by atoms with Gasteiger partial charge in [-0.25, -0.2) is 4.98 Å². The average molecular weight is 386 g/mol. The van der Waals surface area contributed by atoms with Crippen LogP contribution < -0.4 is 10.6 Å². The van der Waals surface area contributed by atoms with E-state index in [1.165, 1.54) is 6.07 Å². The maximum atomic E-state index is 13.0. The molecule has 4 nitrogen and oxygen atoms in total. The molecule has 7 heteroatoms. The summed E-state index contributed by atoms with van der Waals surface area (Å²) in [5.41, 5.74) is 1.16. The van der Waals surface area contributed by atoms with Gasteiger partial charge in [0.15, 0.2) is 0 Å². The Morgan fingerprint density at radius 1 is 0.964 bits per heavy atom. The molecule has 0 spiro atoms. The number of alkyl halides is 3. The number of aromatic nitrogens is 2. The molecule has 0 radical (unpaired) electrons. The summed E-state index contributed by atoms with van der Waals surface area (Å²) >= 11 is 0. The zero-order valence-electron chi connectivity index (χ0n) is 15.6. The van der Waals surface area contributed by atoms with E-state index in [4.69, 9.17) is 0 Å². The summed E-state index contributed by atoms with van der Waals surface area (Å²) in [6, 6.07) is 16.5. The Hall–Kier alpha value is -3.09. The molecular formula is C21H21F3N4. The summed E-state index contributed by atoms with van der Waals surface area (Å²) in [5, 5.41) is 6.19. The Labute approximate surface area is 161 Å².